The highest BCUT2D eigenvalue weighted by molar-refractivity contribution is 7.13. The molecule has 0 aliphatic heterocycles. The normalized spacial score (nSPS) is 12.9. The number of Topliss-reactive ketones (excluding diaryl/α,β-unsaturated/α-hetero) is 1. The minimum Gasteiger partial charge on any atom is -0.411 e. The zero-order chi connectivity index (χ0) is 10.6. The molecule has 0 bridgehead atoms. The highest BCUT2D eigenvalue weighted by Crippen LogP contribution is 2.10. The average molecular weight is 212 g/mol. The summed E-state index contributed by atoms with van der Waals surface area (Å²) < 4.78 is 0. The van der Waals surface area contributed by atoms with E-state index in [-0.39, 0.29) is 11.4 Å². The lowest BCUT2D eigenvalue weighted by atomic mass is 10.1. The zero-order valence-corrected chi connectivity index (χ0v) is 8.15. The van der Waals surface area contributed by atoms with Crippen LogP contribution in [0.15, 0.2) is 27.8 Å². The standard InChI is InChI=1S/C8H8N2O3S/c1-5(9-12)7(10-13)8(11)6-3-2-4-14-6/h2-4,12-13H,1H3/b9-5-,10-7+. The van der Waals surface area contributed by atoms with Crippen LogP contribution in [0.5, 0.6) is 0 Å². The number of hydrogen-bond donors (Lipinski definition) is 2. The van der Waals surface area contributed by atoms with Crippen molar-refractivity contribution in [1.82, 2.24) is 0 Å². The van der Waals surface area contributed by atoms with Gasteiger partial charge in [-0.2, -0.15) is 0 Å². The van der Waals surface area contributed by atoms with E-state index < -0.39 is 5.78 Å². The lowest BCUT2D eigenvalue weighted by molar-refractivity contribution is 0.106. The molecule has 1 aromatic rings. The van der Waals surface area contributed by atoms with E-state index in [4.69, 9.17) is 10.4 Å². The molecule has 74 valence electrons. The van der Waals surface area contributed by atoms with Crippen LogP contribution in [0.1, 0.15) is 16.6 Å². The van der Waals surface area contributed by atoms with Crippen LogP contribution >= 0.6 is 11.3 Å². The Bertz CT molecular complexity index is 381. The van der Waals surface area contributed by atoms with Crippen LogP contribution in [-0.4, -0.2) is 27.6 Å². The van der Waals surface area contributed by atoms with E-state index in [1.807, 2.05) is 0 Å². The summed E-state index contributed by atoms with van der Waals surface area (Å²) in [5.74, 6) is -0.460. The van der Waals surface area contributed by atoms with Gasteiger partial charge in [-0.05, 0) is 18.4 Å². The Kier molecular flexibility index (Phi) is 3.35. The van der Waals surface area contributed by atoms with Crippen LogP contribution in [0.2, 0.25) is 0 Å². The number of nitrogens with zero attached hydrogens (tertiary/aromatic N) is 2. The quantitative estimate of drug-likeness (QED) is 0.345. The topological polar surface area (TPSA) is 82.2 Å². The van der Waals surface area contributed by atoms with Crippen LogP contribution in [0.25, 0.3) is 0 Å². The van der Waals surface area contributed by atoms with Crippen molar-refractivity contribution in [3.05, 3.63) is 22.4 Å². The Hall–Kier alpha value is -1.69. The van der Waals surface area contributed by atoms with Gasteiger partial charge in [0.1, 0.15) is 5.71 Å². The van der Waals surface area contributed by atoms with E-state index in [2.05, 4.69) is 10.3 Å². The van der Waals surface area contributed by atoms with Crippen LogP contribution < -0.4 is 0 Å². The summed E-state index contributed by atoms with van der Waals surface area (Å²) in [5.41, 5.74) is -0.277. The molecule has 0 radical (unpaired) electrons. The first-order valence-electron chi connectivity index (χ1n) is 3.70. The molecule has 2 N–H and O–H groups in total. The van der Waals surface area contributed by atoms with Crippen LogP contribution in [0.3, 0.4) is 0 Å². The fraction of sp³-hybridized carbons (Fsp3) is 0.125. The van der Waals surface area contributed by atoms with Gasteiger partial charge in [-0.25, -0.2) is 0 Å². The van der Waals surface area contributed by atoms with E-state index in [0.717, 1.165) is 0 Å². The Balaban J connectivity index is 3.00. The zero-order valence-electron chi connectivity index (χ0n) is 7.34. The summed E-state index contributed by atoms with van der Waals surface area (Å²) in [7, 11) is 0. The first kappa shape index (κ1) is 10.4. The van der Waals surface area contributed by atoms with E-state index >= 15 is 0 Å². The molecule has 0 unspecified atom stereocenters. The van der Waals surface area contributed by atoms with E-state index in [0.29, 0.717) is 4.88 Å². The number of hydrogen-bond acceptors (Lipinski definition) is 6. The maximum absolute atomic E-state index is 11.6. The number of carbonyl (C=O) groups is 1. The molecule has 1 heterocycles. The van der Waals surface area contributed by atoms with Crippen LogP contribution in [-0.2, 0) is 0 Å². The lowest BCUT2D eigenvalue weighted by Gasteiger charge is -1.98. The fourth-order valence-electron chi connectivity index (χ4n) is 0.854. The molecule has 0 atom stereocenters. The maximum Gasteiger partial charge on any atom is 0.226 e. The monoisotopic (exact) mass is 212 g/mol. The van der Waals surface area contributed by atoms with Crippen molar-refractivity contribution in [2.75, 3.05) is 0 Å². The van der Waals surface area contributed by atoms with Gasteiger partial charge in [0.15, 0.2) is 5.71 Å². The second-order valence-electron chi connectivity index (χ2n) is 2.44. The Morgan fingerprint density at radius 1 is 1.43 bits per heavy atom. The SMILES string of the molecule is CC(=N/O)/C(=N\O)C(=O)c1cccs1. The third-order valence-corrected chi connectivity index (χ3v) is 2.42. The first-order chi connectivity index (χ1) is 6.70. The average Bonchev–Trinajstić information content (AvgIpc) is 2.71. The van der Waals surface area contributed by atoms with E-state index in [1.165, 1.54) is 18.3 Å². The molecular formula is C8H8N2O3S. The van der Waals surface area contributed by atoms with Crippen molar-refractivity contribution in [1.29, 1.82) is 0 Å². The first-order valence-corrected chi connectivity index (χ1v) is 4.58. The third-order valence-electron chi connectivity index (χ3n) is 1.55. The second-order valence-corrected chi connectivity index (χ2v) is 3.39. The molecule has 0 fully saturated rings. The lowest BCUT2D eigenvalue weighted by Crippen LogP contribution is -2.21. The minimum atomic E-state index is -0.460. The van der Waals surface area contributed by atoms with Gasteiger partial charge >= 0.3 is 0 Å². The van der Waals surface area contributed by atoms with Crippen molar-refractivity contribution in [3.8, 4) is 0 Å². The summed E-state index contributed by atoms with van der Waals surface area (Å²) in [6.07, 6.45) is 0. The summed E-state index contributed by atoms with van der Waals surface area (Å²) in [6, 6.07) is 3.31. The van der Waals surface area contributed by atoms with Crippen molar-refractivity contribution in [3.63, 3.8) is 0 Å². The van der Waals surface area contributed by atoms with Crippen molar-refractivity contribution >= 4 is 28.5 Å². The second kappa shape index (κ2) is 4.52. The minimum absolute atomic E-state index is 0.0223. The molecule has 14 heavy (non-hydrogen) atoms. The van der Waals surface area contributed by atoms with Gasteiger partial charge in [-0.3, -0.25) is 4.79 Å². The predicted molar refractivity (Wildman–Crippen MR) is 52.8 cm³/mol. The number of ketones is 1. The third kappa shape index (κ3) is 1.97. The molecule has 0 saturated heterocycles. The van der Waals surface area contributed by atoms with Crippen LogP contribution in [0, 0.1) is 0 Å². The fourth-order valence-corrected chi connectivity index (χ4v) is 1.52. The largest absolute Gasteiger partial charge is 0.411 e. The van der Waals surface area contributed by atoms with Gasteiger partial charge in [0.25, 0.3) is 0 Å². The summed E-state index contributed by atoms with van der Waals surface area (Å²) in [6.45, 7) is 1.38. The Labute approximate surface area is 84.0 Å². The molecule has 0 aliphatic rings. The van der Waals surface area contributed by atoms with Gasteiger partial charge in [0, 0.05) is 0 Å². The molecular weight excluding hydrogens is 204 g/mol. The predicted octanol–water partition coefficient (Wildman–Crippen LogP) is 1.61. The van der Waals surface area contributed by atoms with Gasteiger partial charge in [0.05, 0.1) is 4.88 Å². The number of thiophene rings is 1. The summed E-state index contributed by atoms with van der Waals surface area (Å²) in [4.78, 5) is 12.0. The van der Waals surface area contributed by atoms with Gasteiger partial charge < -0.3 is 10.4 Å². The Morgan fingerprint density at radius 2 is 2.14 bits per heavy atom. The summed E-state index contributed by atoms with van der Waals surface area (Å²) in [5, 5.41) is 24.3. The molecule has 0 spiro atoms. The Morgan fingerprint density at radius 3 is 2.57 bits per heavy atom. The highest BCUT2D eigenvalue weighted by Gasteiger charge is 2.18. The molecule has 5 nitrogen and oxygen atoms in total. The maximum atomic E-state index is 11.6. The van der Waals surface area contributed by atoms with Gasteiger partial charge in [-0.15, -0.1) is 11.3 Å². The molecule has 0 amide bonds. The number of carbonyl (C=O) groups excluding carboxylic acids is 1. The van der Waals surface area contributed by atoms with Gasteiger partial charge in [0.2, 0.25) is 5.78 Å². The molecule has 0 aliphatic carbocycles. The van der Waals surface area contributed by atoms with Gasteiger partial charge in [-0.1, -0.05) is 16.4 Å². The number of oxime groups is 2. The molecule has 1 rings (SSSR count). The van der Waals surface area contributed by atoms with Crippen LogP contribution in [0.4, 0.5) is 0 Å². The molecule has 0 aromatic carbocycles. The van der Waals surface area contributed by atoms with E-state index in [1.54, 1.807) is 17.5 Å². The smallest absolute Gasteiger partial charge is 0.226 e. The van der Waals surface area contributed by atoms with E-state index in [9.17, 15) is 4.79 Å². The van der Waals surface area contributed by atoms with Crippen molar-refractivity contribution < 1.29 is 15.2 Å². The molecule has 0 saturated carbocycles. The van der Waals surface area contributed by atoms with Crippen molar-refractivity contribution in [2.24, 2.45) is 10.3 Å². The summed E-state index contributed by atoms with van der Waals surface area (Å²) >= 11 is 1.22. The van der Waals surface area contributed by atoms with Crippen molar-refractivity contribution in [2.45, 2.75) is 6.92 Å². The highest BCUT2D eigenvalue weighted by atomic mass is 32.1. The molecule has 6 heteroatoms. The molecule has 1 aromatic heterocycles. The number of rotatable bonds is 3.